The van der Waals surface area contributed by atoms with Crippen LogP contribution in [0.25, 0.3) is 5.69 Å². The number of aryl methyl sites for hydroxylation is 1. The molecule has 134 valence electrons. The van der Waals surface area contributed by atoms with E-state index in [0.717, 1.165) is 0 Å². The number of anilines is 1. The van der Waals surface area contributed by atoms with E-state index in [-0.39, 0.29) is 18.0 Å². The van der Waals surface area contributed by atoms with Crippen LogP contribution in [0.4, 0.5) is 5.82 Å². The van der Waals surface area contributed by atoms with Gasteiger partial charge in [-0.15, -0.1) is 0 Å². The van der Waals surface area contributed by atoms with E-state index >= 15 is 0 Å². The fourth-order valence-electron chi connectivity index (χ4n) is 2.42. The molecule has 1 amide bonds. The van der Waals surface area contributed by atoms with Gasteiger partial charge in [0.15, 0.2) is 5.82 Å². The topological polar surface area (TPSA) is 91.0 Å². The first-order valence-corrected chi connectivity index (χ1v) is 8.90. The minimum absolute atomic E-state index is 0.182. The average molecular weight is 465 g/mol. The van der Waals surface area contributed by atoms with Gasteiger partial charge in [0.05, 0.1) is 28.3 Å². The van der Waals surface area contributed by atoms with E-state index in [2.05, 4.69) is 15.5 Å². The number of benzene rings is 1. The number of carbonyl (C=O) groups is 2. The maximum absolute atomic E-state index is 12.8. The Kier molecular flexibility index (Phi) is 5.35. The number of hydrogen-bond acceptors (Lipinski definition) is 5. The third-order valence-electron chi connectivity index (χ3n) is 3.61. The Labute approximate surface area is 163 Å². The minimum Gasteiger partial charge on any atom is -0.462 e. The van der Waals surface area contributed by atoms with Crippen LogP contribution in [0.5, 0.6) is 0 Å². The molecule has 2 aromatic heterocycles. The average Bonchev–Trinajstić information content (AvgIpc) is 3.19. The van der Waals surface area contributed by atoms with Crippen LogP contribution in [-0.2, 0) is 11.8 Å². The van der Waals surface area contributed by atoms with Crippen molar-refractivity contribution in [1.29, 1.82) is 0 Å². The normalized spacial score (nSPS) is 10.6. The molecule has 0 atom stereocenters. The summed E-state index contributed by atoms with van der Waals surface area (Å²) in [6, 6.07) is 9.21. The lowest BCUT2D eigenvalue weighted by Crippen LogP contribution is -2.21. The summed E-state index contributed by atoms with van der Waals surface area (Å²) in [7, 11) is 1.68. The van der Waals surface area contributed by atoms with E-state index in [9.17, 15) is 9.59 Å². The molecule has 8 nitrogen and oxygen atoms in total. The van der Waals surface area contributed by atoms with Gasteiger partial charge in [0.25, 0.3) is 5.91 Å². The number of carbonyl (C=O) groups excluding carboxylic acids is 2. The smallest absolute Gasteiger partial charge is 0.343 e. The zero-order chi connectivity index (χ0) is 18.7. The van der Waals surface area contributed by atoms with Crippen LogP contribution in [0.3, 0.4) is 0 Å². The van der Waals surface area contributed by atoms with E-state index in [0.29, 0.717) is 15.0 Å². The van der Waals surface area contributed by atoms with Crippen LogP contribution < -0.4 is 5.32 Å². The molecule has 3 aromatic rings. The van der Waals surface area contributed by atoms with Gasteiger partial charge in [0.2, 0.25) is 0 Å². The van der Waals surface area contributed by atoms with E-state index < -0.39 is 11.9 Å². The highest BCUT2D eigenvalue weighted by atomic mass is 127. The van der Waals surface area contributed by atoms with Crippen molar-refractivity contribution < 1.29 is 14.3 Å². The summed E-state index contributed by atoms with van der Waals surface area (Å²) >= 11 is 2.04. The number of para-hydroxylation sites is 1. The number of hydrogen-bond donors (Lipinski definition) is 1. The molecule has 0 saturated heterocycles. The summed E-state index contributed by atoms with van der Waals surface area (Å²) in [5, 5.41) is 11.1. The molecular formula is C17H16IN5O3. The Bertz CT molecular complexity index is 929. The van der Waals surface area contributed by atoms with Gasteiger partial charge >= 0.3 is 5.97 Å². The number of aromatic nitrogens is 4. The fraction of sp³-hybridized carbons (Fsp3) is 0.176. The summed E-state index contributed by atoms with van der Waals surface area (Å²) in [5.74, 6) is -0.695. The fourth-order valence-corrected chi connectivity index (χ4v) is 3.14. The van der Waals surface area contributed by atoms with Gasteiger partial charge in [0.1, 0.15) is 11.3 Å². The van der Waals surface area contributed by atoms with E-state index in [1.165, 1.54) is 15.6 Å². The lowest BCUT2D eigenvalue weighted by Gasteiger charge is -2.11. The molecule has 3 rings (SSSR count). The van der Waals surface area contributed by atoms with Crippen molar-refractivity contribution in [2.45, 2.75) is 6.92 Å². The maximum atomic E-state index is 12.8. The molecule has 0 radical (unpaired) electrons. The van der Waals surface area contributed by atoms with E-state index in [1.807, 2.05) is 52.9 Å². The molecule has 0 aliphatic heterocycles. The Morgan fingerprint density at radius 3 is 2.54 bits per heavy atom. The zero-order valence-corrected chi connectivity index (χ0v) is 16.3. The van der Waals surface area contributed by atoms with E-state index in [4.69, 9.17) is 4.74 Å². The second kappa shape index (κ2) is 7.68. The van der Waals surface area contributed by atoms with Gasteiger partial charge in [-0.25, -0.2) is 9.48 Å². The standard InChI is InChI=1S/C17H16IN5O3/c1-3-26-17(25)12-9-20-23(11-7-5-4-6-8-11)15(12)21-16(24)14-13(18)10-19-22(14)2/h4-10H,3H2,1-2H3,(H,21,24). The van der Waals surface area contributed by atoms with Gasteiger partial charge in [-0.05, 0) is 41.6 Å². The Morgan fingerprint density at radius 2 is 1.92 bits per heavy atom. The minimum atomic E-state index is -0.551. The molecule has 0 unspecified atom stereocenters. The Hall–Kier alpha value is -2.69. The largest absolute Gasteiger partial charge is 0.462 e. The van der Waals surface area contributed by atoms with Gasteiger partial charge in [-0.2, -0.15) is 10.2 Å². The van der Waals surface area contributed by atoms with Crippen LogP contribution in [0.15, 0.2) is 42.7 Å². The number of esters is 1. The Balaban J connectivity index is 2.04. The SMILES string of the molecule is CCOC(=O)c1cnn(-c2ccccc2)c1NC(=O)c1c(I)cnn1C. The molecule has 0 aliphatic carbocycles. The molecule has 1 aromatic carbocycles. The van der Waals surface area contributed by atoms with Crippen LogP contribution >= 0.6 is 22.6 Å². The highest BCUT2D eigenvalue weighted by Crippen LogP contribution is 2.23. The molecule has 26 heavy (non-hydrogen) atoms. The predicted molar refractivity (Wildman–Crippen MR) is 103 cm³/mol. The van der Waals surface area contributed by atoms with Gasteiger partial charge in [0, 0.05) is 7.05 Å². The zero-order valence-electron chi connectivity index (χ0n) is 14.1. The highest BCUT2D eigenvalue weighted by Gasteiger charge is 2.24. The molecule has 1 N–H and O–H groups in total. The predicted octanol–water partition coefficient (Wildman–Crippen LogP) is 2.64. The lowest BCUT2D eigenvalue weighted by atomic mass is 10.3. The second-order valence-electron chi connectivity index (χ2n) is 5.29. The van der Waals surface area contributed by atoms with Crippen LogP contribution in [0.2, 0.25) is 0 Å². The number of nitrogens with one attached hydrogen (secondary N) is 1. The molecule has 0 spiro atoms. The third-order valence-corrected chi connectivity index (χ3v) is 4.40. The molecule has 0 saturated carbocycles. The molecule has 0 aliphatic rings. The van der Waals surface area contributed by atoms with Crippen molar-refractivity contribution >= 4 is 40.3 Å². The van der Waals surface area contributed by atoms with Crippen molar-refractivity contribution in [2.75, 3.05) is 11.9 Å². The van der Waals surface area contributed by atoms with Crippen molar-refractivity contribution in [3.05, 3.63) is 57.6 Å². The van der Waals surface area contributed by atoms with Crippen LogP contribution in [-0.4, -0.2) is 38.0 Å². The number of halogens is 1. The first-order chi connectivity index (χ1) is 12.5. The third kappa shape index (κ3) is 3.47. The summed E-state index contributed by atoms with van der Waals surface area (Å²) in [6.45, 7) is 1.94. The summed E-state index contributed by atoms with van der Waals surface area (Å²) in [5.41, 5.74) is 1.28. The Morgan fingerprint density at radius 1 is 1.19 bits per heavy atom. The summed E-state index contributed by atoms with van der Waals surface area (Å²) in [4.78, 5) is 25.0. The molecule has 2 heterocycles. The number of amides is 1. The van der Waals surface area contributed by atoms with Crippen molar-refractivity contribution in [3.8, 4) is 5.69 Å². The molecular weight excluding hydrogens is 449 g/mol. The quantitative estimate of drug-likeness (QED) is 0.462. The lowest BCUT2D eigenvalue weighted by molar-refractivity contribution is 0.0527. The van der Waals surface area contributed by atoms with Crippen molar-refractivity contribution in [1.82, 2.24) is 19.6 Å². The molecule has 0 fully saturated rings. The highest BCUT2D eigenvalue weighted by molar-refractivity contribution is 14.1. The van der Waals surface area contributed by atoms with E-state index in [1.54, 1.807) is 20.2 Å². The van der Waals surface area contributed by atoms with Gasteiger partial charge in [-0.1, -0.05) is 18.2 Å². The number of ether oxygens (including phenoxy) is 1. The number of rotatable bonds is 5. The number of nitrogens with zero attached hydrogens (tertiary/aromatic N) is 4. The van der Waals surface area contributed by atoms with Crippen molar-refractivity contribution in [3.63, 3.8) is 0 Å². The van der Waals surface area contributed by atoms with Crippen molar-refractivity contribution in [2.24, 2.45) is 7.05 Å². The monoisotopic (exact) mass is 465 g/mol. The van der Waals surface area contributed by atoms with Gasteiger partial charge in [-0.3, -0.25) is 9.48 Å². The molecule has 9 heteroatoms. The van der Waals surface area contributed by atoms with Crippen LogP contribution in [0.1, 0.15) is 27.8 Å². The first kappa shape index (κ1) is 18.1. The maximum Gasteiger partial charge on any atom is 0.343 e. The van der Waals surface area contributed by atoms with Crippen LogP contribution in [0, 0.1) is 3.57 Å². The van der Waals surface area contributed by atoms with Gasteiger partial charge < -0.3 is 10.1 Å². The summed E-state index contributed by atoms with van der Waals surface area (Å²) in [6.07, 6.45) is 2.98. The first-order valence-electron chi connectivity index (χ1n) is 7.82. The molecule has 0 bridgehead atoms. The second-order valence-corrected chi connectivity index (χ2v) is 6.46. The summed E-state index contributed by atoms with van der Waals surface area (Å²) < 4.78 is 8.74.